The van der Waals surface area contributed by atoms with Crippen molar-refractivity contribution in [2.24, 2.45) is 5.92 Å². The third-order valence-corrected chi connectivity index (χ3v) is 2.83. The molecular formula is C11H19ClN2. The van der Waals surface area contributed by atoms with E-state index in [-0.39, 0.29) is 5.38 Å². The van der Waals surface area contributed by atoms with Gasteiger partial charge in [0, 0.05) is 12.6 Å². The normalized spacial score (nSPS) is 18.6. The SMILES string of the molecule is CC(C)CCN(CC(Cl)C#N)C1CC1. The molecule has 1 aliphatic rings. The van der Waals surface area contributed by atoms with Crippen molar-refractivity contribution in [2.75, 3.05) is 13.1 Å². The zero-order valence-corrected chi connectivity index (χ0v) is 9.80. The van der Waals surface area contributed by atoms with Crippen molar-refractivity contribution in [3.8, 4) is 6.07 Å². The molecule has 0 aromatic carbocycles. The predicted molar refractivity (Wildman–Crippen MR) is 59.3 cm³/mol. The van der Waals surface area contributed by atoms with Gasteiger partial charge in [-0.25, -0.2) is 0 Å². The van der Waals surface area contributed by atoms with Gasteiger partial charge < -0.3 is 0 Å². The molecule has 1 rings (SSSR count). The van der Waals surface area contributed by atoms with E-state index in [1.807, 2.05) is 0 Å². The summed E-state index contributed by atoms with van der Waals surface area (Å²) in [6.07, 6.45) is 3.77. The monoisotopic (exact) mass is 214 g/mol. The quantitative estimate of drug-likeness (QED) is 0.636. The second-order valence-corrected chi connectivity index (χ2v) is 5.03. The summed E-state index contributed by atoms with van der Waals surface area (Å²) in [5.74, 6) is 0.729. The van der Waals surface area contributed by atoms with Gasteiger partial charge >= 0.3 is 0 Å². The number of nitrogens with zero attached hydrogens (tertiary/aromatic N) is 2. The summed E-state index contributed by atoms with van der Waals surface area (Å²) >= 11 is 5.84. The summed E-state index contributed by atoms with van der Waals surface area (Å²) in [4.78, 5) is 2.38. The number of hydrogen-bond donors (Lipinski definition) is 0. The van der Waals surface area contributed by atoms with Gasteiger partial charge in [-0.1, -0.05) is 13.8 Å². The number of alkyl halides is 1. The smallest absolute Gasteiger partial charge is 0.133 e. The molecular weight excluding hydrogens is 196 g/mol. The largest absolute Gasteiger partial charge is 0.298 e. The lowest BCUT2D eigenvalue weighted by atomic mass is 10.1. The van der Waals surface area contributed by atoms with E-state index in [9.17, 15) is 0 Å². The van der Waals surface area contributed by atoms with E-state index in [2.05, 4.69) is 24.8 Å². The van der Waals surface area contributed by atoms with Crippen LogP contribution in [-0.4, -0.2) is 29.4 Å². The molecule has 0 bridgehead atoms. The van der Waals surface area contributed by atoms with Gasteiger partial charge in [-0.05, 0) is 31.7 Å². The lowest BCUT2D eigenvalue weighted by molar-refractivity contribution is 0.254. The first-order valence-corrected chi connectivity index (χ1v) is 5.85. The Labute approximate surface area is 91.8 Å². The summed E-state index contributed by atoms with van der Waals surface area (Å²) in [5.41, 5.74) is 0. The molecule has 0 aromatic heterocycles. The highest BCUT2D eigenvalue weighted by Gasteiger charge is 2.29. The second kappa shape index (κ2) is 5.58. The Morgan fingerprint density at radius 2 is 2.14 bits per heavy atom. The molecule has 0 aromatic rings. The number of hydrogen-bond acceptors (Lipinski definition) is 2. The molecule has 80 valence electrons. The average molecular weight is 215 g/mol. The van der Waals surface area contributed by atoms with E-state index in [4.69, 9.17) is 16.9 Å². The van der Waals surface area contributed by atoms with Crippen LogP contribution in [0.2, 0.25) is 0 Å². The summed E-state index contributed by atoms with van der Waals surface area (Å²) in [6.45, 7) is 6.28. The molecule has 1 atom stereocenters. The fraction of sp³-hybridized carbons (Fsp3) is 0.909. The van der Waals surface area contributed by atoms with Gasteiger partial charge in [-0.2, -0.15) is 5.26 Å². The molecule has 0 amide bonds. The fourth-order valence-electron chi connectivity index (χ4n) is 1.53. The minimum atomic E-state index is -0.345. The highest BCUT2D eigenvalue weighted by Crippen LogP contribution is 2.27. The zero-order chi connectivity index (χ0) is 10.6. The Hall–Kier alpha value is -0.260. The van der Waals surface area contributed by atoms with Crippen LogP contribution in [0.25, 0.3) is 0 Å². The Balaban J connectivity index is 2.28. The maximum atomic E-state index is 8.65. The molecule has 0 N–H and O–H groups in total. The van der Waals surface area contributed by atoms with Crippen molar-refractivity contribution in [2.45, 2.75) is 44.5 Å². The van der Waals surface area contributed by atoms with Crippen LogP contribution in [-0.2, 0) is 0 Å². The van der Waals surface area contributed by atoms with E-state index in [0.29, 0.717) is 6.04 Å². The van der Waals surface area contributed by atoms with E-state index >= 15 is 0 Å². The molecule has 0 aliphatic heterocycles. The molecule has 1 saturated carbocycles. The van der Waals surface area contributed by atoms with Crippen molar-refractivity contribution >= 4 is 11.6 Å². The minimum absolute atomic E-state index is 0.345. The van der Waals surface area contributed by atoms with Crippen molar-refractivity contribution in [3.63, 3.8) is 0 Å². The Kier molecular flexibility index (Phi) is 4.71. The predicted octanol–water partition coefficient (Wildman–Crippen LogP) is 2.63. The molecule has 2 nitrogen and oxygen atoms in total. The highest BCUT2D eigenvalue weighted by molar-refractivity contribution is 6.22. The lowest BCUT2D eigenvalue weighted by Gasteiger charge is -2.23. The van der Waals surface area contributed by atoms with Crippen LogP contribution in [0.1, 0.15) is 33.1 Å². The van der Waals surface area contributed by atoms with Crippen molar-refractivity contribution in [1.82, 2.24) is 4.90 Å². The summed E-state index contributed by atoms with van der Waals surface area (Å²) in [7, 11) is 0. The molecule has 0 spiro atoms. The molecule has 1 fully saturated rings. The first kappa shape index (κ1) is 11.8. The molecule has 0 saturated heterocycles. The first-order valence-electron chi connectivity index (χ1n) is 5.41. The van der Waals surface area contributed by atoms with Crippen LogP contribution in [0.15, 0.2) is 0 Å². The molecule has 1 aliphatic carbocycles. The van der Waals surface area contributed by atoms with E-state index in [1.165, 1.54) is 19.3 Å². The van der Waals surface area contributed by atoms with Crippen LogP contribution in [0.4, 0.5) is 0 Å². The van der Waals surface area contributed by atoms with Gasteiger partial charge in [0.25, 0.3) is 0 Å². The van der Waals surface area contributed by atoms with Gasteiger partial charge in [0.2, 0.25) is 0 Å². The topological polar surface area (TPSA) is 27.0 Å². The van der Waals surface area contributed by atoms with E-state index in [1.54, 1.807) is 0 Å². The molecule has 3 heteroatoms. The van der Waals surface area contributed by atoms with Gasteiger partial charge in [0.05, 0.1) is 6.07 Å². The third kappa shape index (κ3) is 4.30. The van der Waals surface area contributed by atoms with Crippen LogP contribution in [0, 0.1) is 17.2 Å². The Morgan fingerprint density at radius 1 is 1.50 bits per heavy atom. The summed E-state index contributed by atoms with van der Waals surface area (Å²) in [6, 6.07) is 2.80. The zero-order valence-electron chi connectivity index (χ0n) is 9.04. The van der Waals surface area contributed by atoms with Crippen LogP contribution >= 0.6 is 11.6 Å². The fourth-order valence-corrected chi connectivity index (χ4v) is 1.71. The van der Waals surface area contributed by atoms with Gasteiger partial charge in [-0.15, -0.1) is 11.6 Å². The van der Waals surface area contributed by atoms with Gasteiger partial charge in [0.1, 0.15) is 5.38 Å². The van der Waals surface area contributed by atoms with Crippen molar-refractivity contribution in [1.29, 1.82) is 5.26 Å². The van der Waals surface area contributed by atoms with Crippen molar-refractivity contribution in [3.05, 3.63) is 0 Å². The average Bonchev–Trinajstić information content (AvgIpc) is 2.94. The van der Waals surface area contributed by atoms with Gasteiger partial charge in [0.15, 0.2) is 0 Å². The van der Waals surface area contributed by atoms with Crippen molar-refractivity contribution < 1.29 is 0 Å². The lowest BCUT2D eigenvalue weighted by Crippen LogP contribution is -2.33. The summed E-state index contributed by atoms with van der Waals surface area (Å²) in [5, 5.41) is 8.31. The minimum Gasteiger partial charge on any atom is -0.298 e. The first-order chi connectivity index (χ1) is 6.63. The van der Waals surface area contributed by atoms with Crippen LogP contribution < -0.4 is 0 Å². The Morgan fingerprint density at radius 3 is 2.57 bits per heavy atom. The number of nitriles is 1. The summed E-state index contributed by atoms with van der Waals surface area (Å²) < 4.78 is 0. The maximum Gasteiger partial charge on any atom is 0.133 e. The Bertz CT molecular complexity index is 206. The van der Waals surface area contributed by atoms with E-state index in [0.717, 1.165) is 19.0 Å². The molecule has 0 radical (unpaired) electrons. The van der Waals surface area contributed by atoms with E-state index < -0.39 is 0 Å². The second-order valence-electron chi connectivity index (χ2n) is 4.51. The maximum absolute atomic E-state index is 8.65. The number of rotatable bonds is 6. The van der Waals surface area contributed by atoms with Gasteiger partial charge in [-0.3, -0.25) is 4.90 Å². The standard InChI is InChI=1S/C11H19ClN2/c1-9(2)5-6-14(11-3-4-11)8-10(12)7-13/h9-11H,3-6,8H2,1-2H3. The van der Waals surface area contributed by atoms with Crippen LogP contribution in [0.3, 0.4) is 0 Å². The third-order valence-electron chi connectivity index (χ3n) is 2.59. The molecule has 1 unspecified atom stereocenters. The van der Waals surface area contributed by atoms with Crippen LogP contribution in [0.5, 0.6) is 0 Å². The molecule has 14 heavy (non-hydrogen) atoms. The number of halogens is 1. The molecule has 0 heterocycles. The highest BCUT2D eigenvalue weighted by atomic mass is 35.5.